The van der Waals surface area contributed by atoms with E-state index >= 15 is 0 Å². The number of benzene rings is 1. The largest absolute Gasteiger partial charge is 0.544 e. The molecule has 0 bridgehead atoms. The first-order chi connectivity index (χ1) is 10.4. The highest BCUT2D eigenvalue weighted by Crippen LogP contribution is 2.22. The van der Waals surface area contributed by atoms with E-state index in [1.807, 2.05) is 37.4 Å². The van der Waals surface area contributed by atoms with Gasteiger partial charge < -0.3 is 4.43 Å². The number of para-hydroxylation sites is 1. The zero-order chi connectivity index (χ0) is 16.2. The van der Waals surface area contributed by atoms with E-state index in [-0.39, 0.29) is 0 Å². The van der Waals surface area contributed by atoms with Gasteiger partial charge in [0.1, 0.15) is 5.75 Å². The highest BCUT2D eigenvalue weighted by Gasteiger charge is 2.17. The molecular weight excluding hydrogens is 288 g/mol. The van der Waals surface area contributed by atoms with Gasteiger partial charge in [-0.25, -0.2) is 0 Å². The van der Waals surface area contributed by atoms with Gasteiger partial charge in [0.25, 0.3) is 0 Å². The standard InChI is InChI=1S/C18H24N2OSi/c1-14-9-8-12-19-18(14)15(2)20-13-16-10-6-7-11-17(16)21-22(3,4)5/h6-12H,13H2,1-5H3. The van der Waals surface area contributed by atoms with E-state index in [2.05, 4.69) is 43.7 Å². The third-order valence-corrected chi connectivity index (χ3v) is 4.06. The van der Waals surface area contributed by atoms with Crippen LogP contribution in [0.2, 0.25) is 19.6 Å². The second-order valence-corrected chi connectivity index (χ2v) is 10.8. The molecule has 1 heterocycles. The van der Waals surface area contributed by atoms with E-state index in [1.54, 1.807) is 0 Å². The summed E-state index contributed by atoms with van der Waals surface area (Å²) in [6.45, 7) is 11.3. The maximum absolute atomic E-state index is 6.15. The molecule has 0 aliphatic rings. The van der Waals surface area contributed by atoms with E-state index in [9.17, 15) is 0 Å². The van der Waals surface area contributed by atoms with Crippen LogP contribution in [0.25, 0.3) is 0 Å². The first kappa shape index (κ1) is 16.4. The Morgan fingerprint density at radius 3 is 2.55 bits per heavy atom. The summed E-state index contributed by atoms with van der Waals surface area (Å²) in [4.78, 5) is 9.12. The lowest BCUT2D eigenvalue weighted by atomic mass is 10.1. The van der Waals surface area contributed by atoms with Crippen LogP contribution in [0, 0.1) is 6.92 Å². The summed E-state index contributed by atoms with van der Waals surface area (Å²) in [7, 11) is -1.62. The average Bonchev–Trinajstić information content (AvgIpc) is 2.45. The van der Waals surface area contributed by atoms with Crippen LogP contribution in [0.15, 0.2) is 47.6 Å². The van der Waals surface area contributed by atoms with Crippen molar-refractivity contribution < 1.29 is 4.43 Å². The van der Waals surface area contributed by atoms with Crippen LogP contribution in [0.5, 0.6) is 5.75 Å². The van der Waals surface area contributed by atoms with Gasteiger partial charge in [0.15, 0.2) is 0 Å². The van der Waals surface area contributed by atoms with Gasteiger partial charge in [-0.3, -0.25) is 9.98 Å². The Morgan fingerprint density at radius 2 is 1.86 bits per heavy atom. The smallest absolute Gasteiger partial charge is 0.242 e. The lowest BCUT2D eigenvalue weighted by Gasteiger charge is -2.21. The second kappa shape index (κ2) is 6.88. The first-order valence-electron chi connectivity index (χ1n) is 7.57. The Bertz CT molecular complexity index is 675. The summed E-state index contributed by atoms with van der Waals surface area (Å²) in [6, 6.07) is 12.2. The van der Waals surface area contributed by atoms with Crippen LogP contribution < -0.4 is 4.43 Å². The average molecular weight is 312 g/mol. The Morgan fingerprint density at radius 1 is 1.14 bits per heavy atom. The number of nitrogens with zero attached hydrogens (tertiary/aromatic N) is 2. The second-order valence-electron chi connectivity index (χ2n) is 6.39. The fourth-order valence-electron chi connectivity index (χ4n) is 2.21. The van der Waals surface area contributed by atoms with E-state index in [1.165, 1.54) is 0 Å². The Kier molecular flexibility index (Phi) is 5.14. The molecule has 0 aliphatic carbocycles. The molecule has 22 heavy (non-hydrogen) atoms. The van der Waals surface area contributed by atoms with Gasteiger partial charge >= 0.3 is 0 Å². The quantitative estimate of drug-likeness (QED) is 0.596. The molecule has 1 aromatic carbocycles. The molecule has 0 atom stereocenters. The van der Waals surface area contributed by atoms with Crippen molar-refractivity contribution in [3.63, 3.8) is 0 Å². The van der Waals surface area contributed by atoms with Crippen molar-refractivity contribution in [2.24, 2.45) is 4.99 Å². The maximum Gasteiger partial charge on any atom is 0.242 e. The van der Waals surface area contributed by atoms with Gasteiger partial charge in [0.2, 0.25) is 8.32 Å². The van der Waals surface area contributed by atoms with E-state index in [4.69, 9.17) is 9.42 Å². The van der Waals surface area contributed by atoms with E-state index in [0.717, 1.165) is 28.3 Å². The molecule has 3 nitrogen and oxygen atoms in total. The number of hydrogen-bond donors (Lipinski definition) is 0. The molecule has 0 aliphatic heterocycles. The van der Waals surface area contributed by atoms with Crippen LogP contribution in [-0.2, 0) is 6.54 Å². The number of rotatable bonds is 5. The lowest BCUT2D eigenvalue weighted by molar-refractivity contribution is 0.549. The molecule has 1 aromatic heterocycles. The van der Waals surface area contributed by atoms with Gasteiger partial charge in [-0.2, -0.15) is 0 Å². The summed E-state index contributed by atoms with van der Waals surface area (Å²) in [5.74, 6) is 0.955. The maximum atomic E-state index is 6.15. The summed E-state index contributed by atoms with van der Waals surface area (Å²) >= 11 is 0. The minimum absolute atomic E-state index is 0.614. The number of aromatic nitrogens is 1. The monoisotopic (exact) mass is 312 g/mol. The van der Waals surface area contributed by atoms with E-state index in [0.29, 0.717) is 6.54 Å². The topological polar surface area (TPSA) is 34.5 Å². The predicted octanol–water partition coefficient (Wildman–Crippen LogP) is 4.61. The lowest BCUT2D eigenvalue weighted by Crippen LogP contribution is -2.29. The molecule has 0 saturated heterocycles. The molecule has 0 spiro atoms. The van der Waals surface area contributed by atoms with Gasteiger partial charge in [0.05, 0.1) is 18.0 Å². The Labute approximate surface area is 134 Å². The van der Waals surface area contributed by atoms with Crippen molar-refractivity contribution in [1.82, 2.24) is 4.98 Å². The number of hydrogen-bond acceptors (Lipinski definition) is 3. The SMILES string of the molecule is CC(=NCc1ccccc1O[Si](C)(C)C)c1ncccc1C. The van der Waals surface area contributed by atoms with Gasteiger partial charge in [-0.05, 0) is 51.2 Å². The van der Waals surface area contributed by atoms with Crippen LogP contribution in [0.3, 0.4) is 0 Å². The molecule has 116 valence electrons. The van der Waals surface area contributed by atoms with Crippen LogP contribution in [0.1, 0.15) is 23.7 Å². The van der Waals surface area contributed by atoms with Crippen molar-refractivity contribution in [3.05, 3.63) is 59.4 Å². The third kappa shape index (κ3) is 4.53. The highest BCUT2D eigenvalue weighted by atomic mass is 28.4. The van der Waals surface area contributed by atoms with Crippen molar-refractivity contribution >= 4 is 14.0 Å². The molecule has 0 N–H and O–H groups in total. The van der Waals surface area contributed by atoms with Gasteiger partial charge in [0, 0.05) is 11.8 Å². The normalized spacial score (nSPS) is 12.3. The Balaban J connectivity index is 2.21. The fourth-order valence-corrected chi connectivity index (χ4v) is 3.07. The molecular formula is C18H24N2OSi. The number of aryl methyl sites for hydroxylation is 1. The minimum atomic E-state index is -1.62. The molecule has 4 heteroatoms. The van der Waals surface area contributed by atoms with Crippen molar-refractivity contribution in [1.29, 1.82) is 0 Å². The van der Waals surface area contributed by atoms with Gasteiger partial charge in [-0.15, -0.1) is 0 Å². The third-order valence-electron chi connectivity index (χ3n) is 3.23. The Hall–Kier alpha value is -1.94. The fraction of sp³-hybridized carbons (Fsp3) is 0.333. The van der Waals surface area contributed by atoms with Crippen molar-refractivity contribution in [3.8, 4) is 5.75 Å². The zero-order valence-electron chi connectivity index (χ0n) is 14.1. The summed E-state index contributed by atoms with van der Waals surface area (Å²) in [5, 5.41) is 0. The number of aliphatic imine (C=N–C) groups is 1. The molecule has 0 saturated carbocycles. The van der Waals surface area contributed by atoms with Crippen LogP contribution in [0.4, 0.5) is 0 Å². The van der Waals surface area contributed by atoms with Crippen molar-refractivity contribution in [2.75, 3.05) is 0 Å². The summed E-state index contributed by atoms with van der Waals surface area (Å²) in [5.41, 5.74) is 4.19. The first-order valence-corrected chi connectivity index (χ1v) is 11.0. The summed E-state index contributed by atoms with van der Waals surface area (Å²) in [6.07, 6.45) is 1.81. The highest BCUT2D eigenvalue weighted by molar-refractivity contribution is 6.70. The molecule has 0 unspecified atom stereocenters. The zero-order valence-corrected chi connectivity index (χ0v) is 15.1. The van der Waals surface area contributed by atoms with Crippen molar-refractivity contribution in [2.45, 2.75) is 40.0 Å². The van der Waals surface area contributed by atoms with Crippen LogP contribution in [-0.4, -0.2) is 19.0 Å². The summed E-state index contributed by atoms with van der Waals surface area (Å²) < 4.78 is 6.15. The van der Waals surface area contributed by atoms with Crippen LogP contribution >= 0.6 is 0 Å². The molecule has 2 aromatic rings. The molecule has 0 fully saturated rings. The molecule has 0 radical (unpaired) electrons. The van der Waals surface area contributed by atoms with E-state index < -0.39 is 8.32 Å². The molecule has 2 rings (SSSR count). The van der Waals surface area contributed by atoms with Gasteiger partial charge in [-0.1, -0.05) is 24.3 Å². The molecule has 0 amide bonds. The predicted molar refractivity (Wildman–Crippen MR) is 95.3 cm³/mol. The minimum Gasteiger partial charge on any atom is -0.544 e. The number of pyridine rings is 1.